The monoisotopic (exact) mass is 451 g/mol. The fourth-order valence-electron chi connectivity index (χ4n) is 4.89. The Morgan fingerprint density at radius 1 is 1.03 bits per heavy atom. The van der Waals surface area contributed by atoms with Gasteiger partial charge in [-0.2, -0.15) is 0 Å². The zero-order valence-corrected chi connectivity index (χ0v) is 19.3. The van der Waals surface area contributed by atoms with E-state index >= 15 is 0 Å². The number of imidazole rings is 1. The van der Waals surface area contributed by atoms with Crippen LogP contribution in [-0.4, -0.2) is 30.2 Å². The molecule has 6 rings (SSSR count). The second-order valence-corrected chi connectivity index (χ2v) is 9.20. The summed E-state index contributed by atoms with van der Waals surface area (Å²) in [6, 6.07) is 15.1. The number of aromatic nitrogens is 5. The van der Waals surface area contributed by atoms with Crippen LogP contribution < -0.4 is 0 Å². The van der Waals surface area contributed by atoms with Crippen LogP contribution in [0.15, 0.2) is 65.4 Å². The van der Waals surface area contributed by atoms with Crippen molar-refractivity contribution in [3.05, 3.63) is 95.2 Å². The highest BCUT2D eigenvalue weighted by Crippen LogP contribution is 2.47. The Hall–Kier alpha value is -3.84. The molecule has 34 heavy (non-hydrogen) atoms. The predicted molar refractivity (Wildman–Crippen MR) is 128 cm³/mol. The van der Waals surface area contributed by atoms with Gasteiger partial charge >= 0.3 is 0 Å². The minimum Gasteiger partial charge on any atom is -0.373 e. The lowest BCUT2D eigenvalue weighted by Crippen LogP contribution is -2.31. The number of nitrogens with one attached hydrogen (secondary N) is 1. The van der Waals surface area contributed by atoms with E-state index in [2.05, 4.69) is 33.1 Å². The predicted octanol–water partition coefficient (Wildman–Crippen LogP) is 5.03. The van der Waals surface area contributed by atoms with Crippen LogP contribution in [0.1, 0.15) is 53.5 Å². The largest absolute Gasteiger partial charge is 0.373 e. The van der Waals surface area contributed by atoms with Gasteiger partial charge in [0.15, 0.2) is 5.60 Å². The van der Waals surface area contributed by atoms with Crippen LogP contribution >= 0.6 is 0 Å². The SMILES string of the molecule is Cc1noc(C)c1-c1cc(C(O)(c2ccccn2)c2ccccn2)c2nc(C3CC3C)[nH]c2c1. The van der Waals surface area contributed by atoms with Crippen molar-refractivity contribution in [2.75, 3.05) is 0 Å². The molecule has 5 aromatic rings. The zero-order chi connectivity index (χ0) is 23.4. The first kappa shape index (κ1) is 20.7. The highest BCUT2D eigenvalue weighted by molar-refractivity contribution is 5.88. The number of hydrogen-bond donors (Lipinski definition) is 2. The van der Waals surface area contributed by atoms with Gasteiger partial charge in [-0.1, -0.05) is 24.2 Å². The molecule has 2 atom stereocenters. The van der Waals surface area contributed by atoms with Crippen molar-refractivity contribution in [1.29, 1.82) is 0 Å². The molecule has 4 aromatic heterocycles. The van der Waals surface area contributed by atoms with E-state index in [0.29, 0.717) is 34.3 Å². The lowest BCUT2D eigenvalue weighted by Gasteiger charge is -2.28. The van der Waals surface area contributed by atoms with E-state index in [0.717, 1.165) is 40.3 Å². The molecular formula is C27H25N5O2. The van der Waals surface area contributed by atoms with Crippen molar-refractivity contribution in [1.82, 2.24) is 25.1 Å². The molecule has 0 amide bonds. The highest BCUT2D eigenvalue weighted by atomic mass is 16.5. The van der Waals surface area contributed by atoms with Gasteiger partial charge in [-0.15, -0.1) is 0 Å². The van der Waals surface area contributed by atoms with Crippen LogP contribution in [0.4, 0.5) is 0 Å². The molecule has 1 aliphatic carbocycles. The Morgan fingerprint density at radius 3 is 2.24 bits per heavy atom. The fraction of sp³-hybridized carbons (Fsp3) is 0.259. The Morgan fingerprint density at radius 2 is 1.71 bits per heavy atom. The first-order valence-corrected chi connectivity index (χ1v) is 11.5. The molecule has 7 heteroatoms. The average molecular weight is 452 g/mol. The van der Waals surface area contributed by atoms with Gasteiger partial charge in [0.1, 0.15) is 11.6 Å². The van der Waals surface area contributed by atoms with E-state index < -0.39 is 5.60 Å². The molecule has 4 heterocycles. The van der Waals surface area contributed by atoms with E-state index in [4.69, 9.17) is 9.51 Å². The summed E-state index contributed by atoms with van der Waals surface area (Å²) in [5.74, 6) is 2.67. The minimum atomic E-state index is -1.61. The summed E-state index contributed by atoms with van der Waals surface area (Å²) in [4.78, 5) is 17.6. The summed E-state index contributed by atoms with van der Waals surface area (Å²) < 4.78 is 5.46. The number of nitrogens with zero attached hydrogens (tertiary/aromatic N) is 4. The zero-order valence-electron chi connectivity index (χ0n) is 19.3. The third-order valence-corrected chi connectivity index (χ3v) is 6.85. The Balaban J connectivity index is 1.69. The Labute approximate surface area is 196 Å². The molecule has 1 fully saturated rings. The lowest BCUT2D eigenvalue weighted by atomic mass is 9.83. The molecule has 1 saturated carbocycles. The van der Waals surface area contributed by atoms with Gasteiger partial charge in [0.2, 0.25) is 0 Å². The number of aryl methyl sites for hydroxylation is 2. The first-order valence-electron chi connectivity index (χ1n) is 11.5. The van der Waals surface area contributed by atoms with Gasteiger partial charge in [-0.3, -0.25) is 9.97 Å². The molecule has 2 unspecified atom stereocenters. The van der Waals surface area contributed by atoms with E-state index in [1.54, 1.807) is 12.4 Å². The minimum absolute atomic E-state index is 0.403. The van der Waals surface area contributed by atoms with Crippen LogP contribution in [-0.2, 0) is 5.60 Å². The molecule has 1 aromatic carbocycles. The van der Waals surface area contributed by atoms with Crippen molar-refractivity contribution in [3.8, 4) is 11.1 Å². The third-order valence-electron chi connectivity index (χ3n) is 6.85. The number of aromatic amines is 1. The van der Waals surface area contributed by atoms with E-state index in [1.165, 1.54) is 0 Å². The van der Waals surface area contributed by atoms with Crippen LogP contribution in [0.3, 0.4) is 0 Å². The quantitative estimate of drug-likeness (QED) is 0.389. The number of pyridine rings is 2. The molecule has 0 spiro atoms. The summed E-state index contributed by atoms with van der Waals surface area (Å²) >= 11 is 0. The van der Waals surface area contributed by atoms with Gasteiger partial charge < -0.3 is 14.6 Å². The topological polar surface area (TPSA) is 101 Å². The molecule has 0 bridgehead atoms. The van der Waals surface area contributed by atoms with Crippen LogP contribution in [0.25, 0.3) is 22.2 Å². The maximum absolute atomic E-state index is 12.5. The van der Waals surface area contributed by atoms with Gasteiger partial charge in [0.05, 0.1) is 28.1 Å². The highest BCUT2D eigenvalue weighted by Gasteiger charge is 2.41. The summed E-state index contributed by atoms with van der Waals surface area (Å²) in [6.07, 6.45) is 4.47. The maximum Gasteiger partial charge on any atom is 0.176 e. The van der Waals surface area contributed by atoms with Gasteiger partial charge in [-0.25, -0.2) is 4.98 Å². The van der Waals surface area contributed by atoms with Crippen molar-refractivity contribution in [3.63, 3.8) is 0 Å². The van der Waals surface area contributed by atoms with E-state index in [9.17, 15) is 5.11 Å². The van der Waals surface area contributed by atoms with Crippen LogP contribution in [0, 0.1) is 19.8 Å². The van der Waals surface area contributed by atoms with Crippen LogP contribution in [0.5, 0.6) is 0 Å². The van der Waals surface area contributed by atoms with Crippen LogP contribution in [0.2, 0.25) is 0 Å². The number of H-pyrrole nitrogens is 1. The summed E-state index contributed by atoms with van der Waals surface area (Å²) in [5.41, 5.74) is 4.12. The standard InChI is InChI=1S/C27H25N5O2/c1-15-12-19(15)26-30-21-14-18(24-16(2)32-34-17(24)3)13-20(25(21)31-26)27(33,22-8-4-6-10-28-22)23-9-5-7-11-29-23/h4-11,13-15,19,33H,12H2,1-3H3,(H,30,31). The first-order chi connectivity index (χ1) is 16.5. The summed E-state index contributed by atoms with van der Waals surface area (Å²) in [6.45, 7) is 6.04. The summed E-state index contributed by atoms with van der Waals surface area (Å²) in [5, 5.41) is 16.6. The van der Waals surface area contributed by atoms with E-state index in [1.807, 2.05) is 56.3 Å². The molecule has 7 nitrogen and oxygen atoms in total. The Kier molecular flexibility index (Phi) is 4.64. The fourth-order valence-corrected chi connectivity index (χ4v) is 4.89. The number of benzene rings is 1. The molecule has 0 radical (unpaired) electrons. The number of fused-ring (bicyclic) bond motifs is 1. The number of aliphatic hydroxyl groups is 1. The van der Waals surface area contributed by atoms with Crippen molar-refractivity contribution in [2.24, 2.45) is 5.92 Å². The normalized spacial score (nSPS) is 17.9. The average Bonchev–Trinajstić information content (AvgIpc) is 3.28. The molecule has 0 aliphatic heterocycles. The molecular weight excluding hydrogens is 426 g/mol. The number of rotatable bonds is 5. The third kappa shape index (κ3) is 3.15. The van der Waals surface area contributed by atoms with Gasteiger partial charge in [-0.05, 0) is 68.1 Å². The molecule has 1 aliphatic rings. The van der Waals surface area contributed by atoms with E-state index in [-0.39, 0.29) is 0 Å². The van der Waals surface area contributed by atoms with Crippen molar-refractivity contribution in [2.45, 2.75) is 38.7 Å². The second kappa shape index (κ2) is 7.60. The van der Waals surface area contributed by atoms with Gasteiger partial charge in [0.25, 0.3) is 0 Å². The number of hydrogen-bond acceptors (Lipinski definition) is 6. The van der Waals surface area contributed by atoms with Gasteiger partial charge in [0, 0.05) is 29.4 Å². The smallest absolute Gasteiger partial charge is 0.176 e. The van der Waals surface area contributed by atoms with Crippen molar-refractivity contribution < 1.29 is 9.63 Å². The summed E-state index contributed by atoms with van der Waals surface area (Å²) in [7, 11) is 0. The van der Waals surface area contributed by atoms with Crippen molar-refractivity contribution >= 4 is 11.0 Å². The maximum atomic E-state index is 12.5. The molecule has 2 N–H and O–H groups in total. The molecule has 170 valence electrons. The lowest BCUT2D eigenvalue weighted by molar-refractivity contribution is 0.117. The second-order valence-electron chi connectivity index (χ2n) is 9.20. The Bertz CT molecular complexity index is 1430. The molecule has 0 saturated heterocycles.